The van der Waals surface area contributed by atoms with Gasteiger partial charge in [-0.1, -0.05) is 31.5 Å². The molecule has 0 spiro atoms. The van der Waals surface area contributed by atoms with Gasteiger partial charge in [0.2, 0.25) is 0 Å². The molecule has 3 N–H and O–H groups in total. The van der Waals surface area contributed by atoms with Gasteiger partial charge in [-0.15, -0.1) is 0 Å². The minimum atomic E-state index is -0.530. The maximum atomic E-state index is 10.7. The number of ether oxygens (including phenoxy) is 1. The minimum Gasteiger partial charge on any atom is -0.495 e. The Balaban J connectivity index is 2.90. The topological polar surface area (TPSA) is 64.3 Å². The lowest BCUT2D eigenvalue weighted by molar-refractivity contribution is 0.246. The number of hydrogen-bond acceptors (Lipinski definition) is 2. The second kappa shape index (κ2) is 5.27. The fourth-order valence-electron chi connectivity index (χ4n) is 1.50. The zero-order chi connectivity index (χ0) is 13.1. The number of primary amides is 1. The zero-order valence-corrected chi connectivity index (χ0v) is 11.0. The van der Waals surface area contributed by atoms with Gasteiger partial charge in [0.15, 0.2) is 0 Å². The van der Waals surface area contributed by atoms with Crippen LogP contribution in [0.5, 0.6) is 5.75 Å². The number of nitrogens with one attached hydrogen (secondary N) is 1. The molecule has 1 aromatic rings. The van der Waals surface area contributed by atoms with Crippen LogP contribution < -0.4 is 15.8 Å². The Morgan fingerprint density at radius 3 is 2.65 bits per heavy atom. The van der Waals surface area contributed by atoms with Crippen molar-refractivity contribution >= 4 is 17.6 Å². The van der Waals surface area contributed by atoms with Gasteiger partial charge in [-0.2, -0.15) is 0 Å². The van der Waals surface area contributed by atoms with Crippen molar-refractivity contribution in [3.63, 3.8) is 0 Å². The van der Waals surface area contributed by atoms with Gasteiger partial charge in [0.1, 0.15) is 5.75 Å². The summed E-state index contributed by atoms with van der Waals surface area (Å²) < 4.78 is 5.09. The van der Waals surface area contributed by atoms with Crippen molar-refractivity contribution in [1.29, 1.82) is 0 Å². The van der Waals surface area contributed by atoms with E-state index in [1.54, 1.807) is 7.11 Å². The average Bonchev–Trinajstić information content (AvgIpc) is 2.26. The van der Waals surface area contributed by atoms with E-state index in [2.05, 4.69) is 5.32 Å². The summed E-state index contributed by atoms with van der Waals surface area (Å²) >= 11 is 6.06. The molecule has 0 bridgehead atoms. The lowest BCUT2D eigenvalue weighted by Gasteiger charge is -2.25. The minimum absolute atomic E-state index is 0.245. The van der Waals surface area contributed by atoms with Crippen LogP contribution in [0.15, 0.2) is 18.2 Å². The average molecular weight is 257 g/mol. The molecular formula is C12H17ClN2O2. The number of urea groups is 1. The second-order valence-electron chi connectivity index (χ2n) is 4.45. The maximum absolute atomic E-state index is 10.7. The fraction of sp³-hybridized carbons (Fsp3) is 0.417. The number of hydrogen-bond donors (Lipinski definition) is 2. The molecule has 17 heavy (non-hydrogen) atoms. The summed E-state index contributed by atoms with van der Waals surface area (Å²) in [6, 6.07) is 5.04. The molecule has 0 aromatic heterocycles. The van der Waals surface area contributed by atoms with Crippen molar-refractivity contribution < 1.29 is 9.53 Å². The SMILES string of the molecule is COc1ccc(C(C)(C)CNC(N)=O)cc1Cl. The van der Waals surface area contributed by atoms with Crippen molar-refractivity contribution in [2.45, 2.75) is 19.3 Å². The summed E-state index contributed by atoms with van der Waals surface area (Å²) in [5, 5.41) is 3.15. The summed E-state index contributed by atoms with van der Waals surface area (Å²) in [5.41, 5.74) is 5.82. The van der Waals surface area contributed by atoms with Crippen LogP contribution >= 0.6 is 11.6 Å². The molecule has 5 heteroatoms. The highest BCUT2D eigenvalue weighted by molar-refractivity contribution is 6.32. The Bertz CT molecular complexity index is 419. The van der Waals surface area contributed by atoms with Crippen LogP contribution in [-0.4, -0.2) is 19.7 Å². The van der Waals surface area contributed by atoms with Crippen molar-refractivity contribution in [2.24, 2.45) is 5.73 Å². The summed E-state index contributed by atoms with van der Waals surface area (Å²) in [6.07, 6.45) is 0. The highest BCUT2D eigenvalue weighted by Gasteiger charge is 2.22. The fourth-order valence-corrected chi connectivity index (χ4v) is 1.76. The van der Waals surface area contributed by atoms with Crippen molar-refractivity contribution in [3.8, 4) is 5.75 Å². The largest absolute Gasteiger partial charge is 0.495 e. The molecule has 0 aliphatic heterocycles. The molecule has 1 aromatic carbocycles. The Labute approximate surface area is 106 Å². The summed E-state index contributed by atoms with van der Waals surface area (Å²) in [6.45, 7) is 4.45. The normalized spacial score (nSPS) is 11.1. The zero-order valence-electron chi connectivity index (χ0n) is 10.2. The second-order valence-corrected chi connectivity index (χ2v) is 4.86. The first-order valence-electron chi connectivity index (χ1n) is 5.24. The van der Waals surface area contributed by atoms with Crippen molar-refractivity contribution in [2.75, 3.05) is 13.7 Å². The molecule has 1 rings (SSSR count). The Morgan fingerprint density at radius 1 is 1.53 bits per heavy atom. The van der Waals surface area contributed by atoms with Gasteiger partial charge in [0.05, 0.1) is 12.1 Å². The van der Waals surface area contributed by atoms with Crippen molar-refractivity contribution in [3.05, 3.63) is 28.8 Å². The van der Waals surface area contributed by atoms with Gasteiger partial charge >= 0.3 is 6.03 Å². The van der Waals surface area contributed by atoms with E-state index in [-0.39, 0.29) is 5.41 Å². The summed E-state index contributed by atoms with van der Waals surface area (Å²) in [4.78, 5) is 10.7. The Morgan fingerprint density at radius 2 is 2.18 bits per heavy atom. The van der Waals surface area contributed by atoms with E-state index in [0.717, 1.165) is 5.56 Å². The number of nitrogens with two attached hydrogens (primary N) is 1. The van der Waals surface area contributed by atoms with Gasteiger partial charge in [-0.05, 0) is 17.7 Å². The molecule has 2 amide bonds. The number of rotatable bonds is 4. The first kappa shape index (κ1) is 13.6. The molecule has 0 atom stereocenters. The van der Waals surface area contributed by atoms with Gasteiger partial charge in [-0.25, -0.2) is 4.79 Å². The molecule has 94 valence electrons. The van der Waals surface area contributed by atoms with E-state index >= 15 is 0 Å². The molecule has 0 radical (unpaired) electrons. The number of amides is 2. The Kier molecular flexibility index (Phi) is 4.23. The lowest BCUT2D eigenvalue weighted by atomic mass is 9.84. The molecule has 0 saturated carbocycles. The van der Waals surface area contributed by atoms with E-state index in [1.165, 1.54) is 0 Å². The first-order chi connectivity index (χ1) is 7.86. The van der Waals surface area contributed by atoms with E-state index in [1.807, 2.05) is 32.0 Å². The van der Waals surface area contributed by atoms with Gasteiger partial charge in [0, 0.05) is 12.0 Å². The van der Waals surface area contributed by atoms with Crippen LogP contribution in [0.4, 0.5) is 4.79 Å². The quantitative estimate of drug-likeness (QED) is 0.868. The Hall–Kier alpha value is -1.42. The molecule has 0 aliphatic rings. The summed E-state index contributed by atoms with van der Waals surface area (Å²) in [5.74, 6) is 0.633. The van der Waals surface area contributed by atoms with E-state index in [0.29, 0.717) is 17.3 Å². The van der Waals surface area contributed by atoms with Crippen LogP contribution in [0, 0.1) is 0 Å². The van der Waals surface area contributed by atoms with Crippen LogP contribution in [-0.2, 0) is 5.41 Å². The third-order valence-electron chi connectivity index (χ3n) is 2.64. The predicted octanol–water partition coefficient (Wildman–Crippen LogP) is 2.29. The number of carbonyl (C=O) groups is 1. The summed E-state index contributed by atoms with van der Waals surface area (Å²) in [7, 11) is 1.57. The van der Waals surface area contributed by atoms with Crippen LogP contribution in [0.2, 0.25) is 5.02 Å². The molecular weight excluding hydrogens is 240 g/mol. The monoisotopic (exact) mass is 256 g/mol. The standard InChI is InChI=1S/C12H17ClN2O2/c1-12(2,7-15-11(14)16)8-4-5-10(17-3)9(13)6-8/h4-6H,7H2,1-3H3,(H3,14,15,16). The van der Waals surface area contributed by atoms with Gasteiger partial charge in [0.25, 0.3) is 0 Å². The third-order valence-corrected chi connectivity index (χ3v) is 2.93. The van der Waals surface area contributed by atoms with Gasteiger partial charge < -0.3 is 15.8 Å². The molecule has 0 fully saturated rings. The molecule has 0 aliphatic carbocycles. The smallest absolute Gasteiger partial charge is 0.312 e. The molecule has 0 saturated heterocycles. The van der Waals surface area contributed by atoms with E-state index in [4.69, 9.17) is 22.1 Å². The van der Waals surface area contributed by atoms with Crippen LogP contribution in [0.3, 0.4) is 0 Å². The predicted molar refractivity (Wildman–Crippen MR) is 68.6 cm³/mol. The number of halogens is 1. The van der Waals surface area contributed by atoms with Gasteiger partial charge in [-0.3, -0.25) is 0 Å². The number of benzene rings is 1. The highest BCUT2D eigenvalue weighted by atomic mass is 35.5. The maximum Gasteiger partial charge on any atom is 0.312 e. The first-order valence-corrected chi connectivity index (χ1v) is 5.62. The highest BCUT2D eigenvalue weighted by Crippen LogP contribution is 2.30. The van der Waals surface area contributed by atoms with E-state index < -0.39 is 6.03 Å². The number of carbonyl (C=O) groups excluding carboxylic acids is 1. The molecule has 0 heterocycles. The molecule has 4 nitrogen and oxygen atoms in total. The van der Waals surface area contributed by atoms with E-state index in [9.17, 15) is 4.79 Å². The number of methoxy groups -OCH3 is 1. The van der Waals surface area contributed by atoms with Crippen LogP contribution in [0.25, 0.3) is 0 Å². The van der Waals surface area contributed by atoms with Crippen molar-refractivity contribution in [1.82, 2.24) is 5.32 Å². The molecule has 0 unspecified atom stereocenters. The van der Waals surface area contributed by atoms with Crippen LogP contribution in [0.1, 0.15) is 19.4 Å². The lowest BCUT2D eigenvalue weighted by Crippen LogP contribution is -2.39. The third kappa shape index (κ3) is 3.53.